The lowest BCUT2D eigenvalue weighted by Gasteiger charge is -2.37. The average Bonchev–Trinajstić information content (AvgIpc) is 2.81. The Morgan fingerprint density at radius 1 is 1.47 bits per heavy atom. The molecule has 3 nitrogen and oxygen atoms in total. The summed E-state index contributed by atoms with van der Waals surface area (Å²) in [5.41, 5.74) is 1.08. The second-order valence-corrected chi connectivity index (χ2v) is 6.15. The topological polar surface area (TPSA) is 26.7 Å². The second-order valence-electron chi connectivity index (χ2n) is 5.16. The second kappa shape index (κ2) is 7.06. The molecule has 0 amide bonds. The minimum Gasteiger partial charge on any atom is -0.395 e. The third kappa shape index (κ3) is 4.32. The zero-order valence-electron chi connectivity index (χ0n) is 11.7. The Kier molecular flexibility index (Phi) is 5.41. The lowest BCUT2D eigenvalue weighted by atomic mass is 10.2. The number of hydrogen-bond acceptors (Lipinski definition) is 4. The Labute approximate surface area is 119 Å². The summed E-state index contributed by atoms with van der Waals surface area (Å²) >= 11 is 1.78. The van der Waals surface area contributed by atoms with Gasteiger partial charge in [0, 0.05) is 54.5 Å². The van der Waals surface area contributed by atoms with E-state index in [0.29, 0.717) is 12.5 Å². The molecule has 19 heavy (non-hydrogen) atoms. The van der Waals surface area contributed by atoms with E-state index in [4.69, 9.17) is 5.11 Å². The highest BCUT2D eigenvalue weighted by atomic mass is 32.1. The van der Waals surface area contributed by atoms with Gasteiger partial charge in [-0.15, -0.1) is 11.3 Å². The Morgan fingerprint density at radius 2 is 2.32 bits per heavy atom. The number of aliphatic hydroxyl groups is 1. The van der Waals surface area contributed by atoms with Gasteiger partial charge in [-0.2, -0.15) is 0 Å². The largest absolute Gasteiger partial charge is 0.395 e. The van der Waals surface area contributed by atoms with Gasteiger partial charge in [0.1, 0.15) is 0 Å². The highest BCUT2D eigenvalue weighted by Gasteiger charge is 2.21. The maximum absolute atomic E-state index is 8.71. The fraction of sp³-hybridized carbons (Fsp3) is 0.600. The number of hydrogen-bond donors (Lipinski definition) is 1. The van der Waals surface area contributed by atoms with Crippen LogP contribution >= 0.6 is 11.3 Å². The van der Waals surface area contributed by atoms with Crippen LogP contribution in [0.15, 0.2) is 11.4 Å². The fourth-order valence-electron chi connectivity index (χ4n) is 2.36. The van der Waals surface area contributed by atoms with Crippen molar-refractivity contribution < 1.29 is 5.11 Å². The molecule has 2 rings (SSSR count). The van der Waals surface area contributed by atoms with Crippen LogP contribution in [-0.2, 0) is 6.54 Å². The summed E-state index contributed by atoms with van der Waals surface area (Å²) in [5, 5.41) is 10.8. The first-order valence-corrected chi connectivity index (χ1v) is 7.66. The molecule has 1 N–H and O–H groups in total. The maximum Gasteiger partial charge on any atom is 0.0540 e. The molecular formula is C15H22N2OS. The first-order valence-electron chi connectivity index (χ1n) is 6.79. The summed E-state index contributed by atoms with van der Waals surface area (Å²) in [6.07, 6.45) is 0.556. The lowest BCUT2D eigenvalue weighted by Crippen LogP contribution is -2.49. The minimum atomic E-state index is 0.142. The number of nitrogens with zero attached hydrogens (tertiary/aromatic N) is 2. The molecule has 1 fully saturated rings. The SMILES string of the molecule is CC1CN(C)CCN1Cc1cc(C#CCCO)cs1. The lowest BCUT2D eigenvalue weighted by molar-refractivity contribution is 0.0947. The molecule has 104 valence electrons. The number of rotatable bonds is 3. The summed E-state index contributed by atoms with van der Waals surface area (Å²) in [4.78, 5) is 6.31. The third-order valence-electron chi connectivity index (χ3n) is 3.45. The van der Waals surface area contributed by atoms with E-state index >= 15 is 0 Å². The van der Waals surface area contributed by atoms with Crippen LogP contribution in [0.5, 0.6) is 0 Å². The zero-order valence-corrected chi connectivity index (χ0v) is 12.5. The van der Waals surface area contributed by atoms with Crippen molar-refractivity contribution in [2.24, 2.45) is 0 Å². The van der Waals surface area contributed by atoms with E-state index < -0.39 is 0 Å². The van der Waals surface area contributed by atoms with Gasteiger partial charge in [-0.1, -0.05) is 11.8 Å². The van der Waals surface area contributed by atoms with Crippen LogP contribution in [0, 0.1) is 11.8 Å². The first-order chi connectivity index (χ1) is 9.19. The monoisotopic (exact) mass is 278 g/mol. The summed E-state index contributed by atoms with van der Waals surface area (Å²) in [6, 6.07) is 2.80. The molecule has 0 spiro atoms. The van der Waals surface area contributed by atoms with Gasteiger partial charge in [0.25, 0.3) is 0 Å². The Morgan fingerprint density at radius 3 is 3.05 bits per heavy atom. The van der Waals surface area contributed by atoms with E-state index in [0.717, 1.165) is 31.7 Å². The Hall–Kier alpha value is -0.860. The predicted molar refractivity (Wildman–Crippen MR) is 80.3 cm³/mol. The van der Waals surface area contributed by atoms with E-state index in [2.05, 4.69) is 47.1 Å². The Bertz CT molecular complexity index is 460. The van der Waals surface area contributed by atoms with Crippen LogP contribution in [0.25, 0.3) is 0 Å². The number of thiophene rings is 1. The van der Waals surface area contributed by atoms with Gasteiger partial charge in [-0.05, 0) is 20.0 Å². The van der Waals surface area contributed by atoms with Crippen LogP contribution in [-0.4, -0.2) is 54.2 Å². The van der Waals surface area contributed by atoms with E-state index in [-0.39, 0.29) is 6.61 Å². The van der Waals surface area contributed by atoms with Gasteiger partial charge in [0.2, 0.25) is 0 Å². The van der Waals surface area contributed by atoms with Gasteiger partial charge in [-0.3, -0.25) is 4.90 Å². The average molecular weight is 278 g/mol. The molecule has 1 aromatic heterocycles. The molecule has 0 bridgehead atoms. The zero-order chi connectivity index (χ0) is 13.7. The number of aliphatic hydroxyl groups excluding tert-OH is 1. The van der Waals surface area contributed by atoms with Crippen molar-refractivity contribution in [3.63, 3.8) is 0 Å². The van der Waals surface area contributed by atoms with Crippen LogP contribution in [0.1, 0.15) is 23.8 Å². The molecule has 0 aromatic carbocycles. The van der Waals surface area contributed by atoms with Crippen LogP contribution in [0.4, 0.5) is 0 Å². The van der Waals surface area contributed by atoms with E-state index in [9.17, 15) is 0 Å². The van der Waals surface area contributed by atoms with E-state index in [1.807, 2.05) is 0 Å². The van der Waals surface area contributed by atoms with Gasteiger partial charge < -0.3 is 10.0 Å². The molecule has 0 saturated carbocycles. The van der Waals surface area contributed by atoms with Crippen molar-refractivity contribution in [1.29, 1.82) is 0 Å². The van der Waals surface area contributed by atoms with Crippen LogP contribution in [0.2, 0.25) is 0 Å². The van der Waals surface area contributed by atoms with Crippen molar-refractivity contribution in [2.75, 3.05) is 33.3 Å². The van der Waals surface area contributed by atoms with Crippen molar-refractivity contribution >= 4 is 11.3 Å². The minimum absolute atomic E-state index is 0.142. The van der Waals surface area contributed by atoms with E-state index in [1.54, 1.807) is 11.3 Å². The quantitative estimate of drug-likeness (QED) is 0.851. The third-order valence-corrected chi connectivity index (χ3v) is 4.37. The molecule has 0 radical (unpaired) electrons. The van der Waals surface area contributed by atoms with Crippen molar-refractivity contribution in [3.05, 3.63) is 21.9 Å². The molecule has 1 aliphatic rings. The smallest absolute Gasteiger partial charge is 0.0540 e. The molecule has 4 heteroatoms. The number of likely N-dealkylation sites (N-methyl/N-ethyl adjacent to an activating group) is 1. The summed E-state index contributed by atoms with van der Waals surface area (Å²) in [5.74, 6) is 6.06. The van der Waals surface area contributed by atoms with E-state index in [1.165, 1.54) is 4.88 Å². The molecule has 2 heterocycles. The molecule has 0 aliphatic carbocycles. The molecule has 1 atom stereocenters. The summed E-state index contributed by atoms with van der Waals surface area (Å²) in [6.45, 7) is 6.91. The van der Waals surface area contributed by atoms with Gasteiger partial charge in [-0.25, -0.2) is 0 Å². The van der Waals surface area contributed by atoms with Gasteiger partial charge >= 0.3 is 0 Å². The Balaban J connectivity index is 1.91. The van der Waals surface area contributed by atoms with Crippen LogP contribution in [0.3, 0.4) is 0 Å². The molecule has 1 aliphatic heterocycles. The molecular weight excluding hydrogens is 256 g/mol. The van der Waals surface area contributed by atoms with Crippen LogP contribution < -0.4 is 0 Å². The standard InChI is InChI=1S/C15H22N2OS/c1-13-10-16(2)6-7-17(13)11-15-9-14(12-19-15)5-3-4-8-18/h9,12-13,18H,4,6-8,10-11H2,1-2H3. The number of piperazine rings is 1. The van der Waals surface area contributed by atoms with Gasteiger partial charge in [0.05, 0.1) is 6.61 Å². The van der Waals surface area contributed by atoms with Gasteiger partial charge in [0.15, 0.2) is 0 Å². The maximum atomic E-state index is 8.71. The summed E-state index contributed by atoms with van der Waals surface area (Å²) < 4.78 is 0. The fourth-order valence-corrected chi connectivity index (χ4v) is 3.20. The normalized spacial score (nSPS) is 21.1. The van der Waals surface area contributed by atoms with Crippen molar-refractivity contribution in [1.82, 2.24) is 9.80 Å². The predicted octanol–water partition coefficient (Wildman–Crippen LogP) is 1.62. The van der Waals surface area contributed by atoms with Crippen molar-refractivity contribution in [3.8, 4) is 11.8 Å². The highest BCUT2D eigenvalue weighted by molar-refractivity contribution is 7.10. The molecule has 1 unspecified atom stereocenters. The molecule has 1 aromatic rings. The first kappa shape index (κ1) is 14.5. The molecule has 1 saturated heterocycles. The highest BCUT2D eigenvalue weighted by Crippen LogP contribution is 2.19. The van der Waals surface area contributed by atoms with Crippen molar-refractivity contribution in [2.45, 2.75) is 25.9 Å². The summed E-state index contributed by atoms with van der Waals surface area (Å²) in [7, 11) is 2.19.